The molecule has 1 aliphatic heterocycles. The lowest BCUT2D eigenvalue weighted by Gasteiger charge is -2.40. The second-order valence-corrected chi connectivity index (χ2v) is 5.33. The molecule has 2 aromatic rings. The van der Waals surface area contributed by atoms with E-state index in [1.165, 1.54) is 16.8 Å². The molecule has 0 amide bonds. The summed E-state index contributed by atoms with van der Waals surface area (Å²) in [6.07, 6.45) is 0. The second kappa shape index (κ2) is 4.14. The summed E-state index contributed by atoms with van der Waals surface area (Å²) >= 11 is 0. The molecular formula is C16H18N2. The van der Waals surface area contributed by atoms with Crippen molar-refractivity contribution in [1.29, 1.82) is 0 Å². The fourth-order valence-corrected chi connectivity index (χ4v) is 2.58. The Morgan fingerprint density at radius 3 is 2.33 bits per heavy atom. The van der Waals surface area contributed by atoms with Gasteiger partial charge in [0, 0.05) is 5.69 Å². The van der Waals surface area contributed by atoms with Crippen LogP contribution in [0, 0.1) is 0 Å². The van der Waals surface area contributed by atoms with Crippen LogP contribution in [0.5, 0.6) is 0 Å². The first-order valence-corrected chi connectivity index (χ1v) is 6.35. The van der Waals surface area contributed by atoms with Crippen molar-refractivity contribution in [3.8, 4) is 0 Å². The third-order valence-electron chi connectivity index (χ3n) is 3.36. The SMILES string of the molecule is CC1(C)Nc2ccccc2[C@H](c2ccccc2)N1. The first-order chi connectivity index (χ1) is 8.66. The van der Waals surface area contributed by atoms with E-state index < -0.39 is 0 Å². The number of rotatable bonds is 1. The third-order valence-corrected chi connectivity index (χ3v) is 3.36. The Bertz CT molecular complexity index is 546. The summed E-state index contributed by atoms with van der Waals surface area (Å²) in [6.45, 7) is 4.33. The van der Waals surface area contributed by atoms with E-state index in [-0.39, 0.29) is 11.7 Å². The zero-order valence-corrected chi connectivity index (χ0v) is 10.8. The molecular weight excluding hydrogens is 220 g/mol. The van der Waals surface area contributed by atoms with E-state index in [2.05, 4.69) is 79.1 Å². The number of hydrogen-bond donors (Lipinski definition) is 2. The van der Waals surface area contributed by atoms with Crippen LogP contribution in [0.2, 0.25) is 0 Å². The quantitative estimate of drug-likeness (QED) is 0.794. The number of hydrogen-bond acceptors (Lipinski definition) is 2. The molecule has 0 saturated heterocycles. The molecule has 0 aliphatic carbocycles. The van der Waals surface area contributed by atoms with Gasteiger partial charge in [-0.25, -0.2) is 0 Å². The molecule has 0 saturated carbocycles. The van der Waals surface area contributed by atoms with Crippen LogP contribution in [0.25, 0.3) is 0 Å². The smallest absolute Gasteiger partial charge is 0.0831 e. The Morgan fingerprint density at radius 1 is 0.889 bits per heavy atom. The van der Waals surface area contributed by atoms with Crippen LogP contribution in [-0.2, 0) is 0 Å². The van der Waals surface area contributed by atoms with Crippen LogP contribution < -0.4 is 10.6 Å². The average molecular weight is 238 g/mol. The molecule has 2 N–H and O–H groups in total. The third kappa shape index (κ3) is 2.00. The molecule has 92 valence electrons. The summed E-state index contributed by atoms with van der Waals surface area (Å²) in [5.74, 6) is 0. The Kier molecular flexibility index (Phi) is 2.60. The van der Waals surface area contributed by atoms with E-state index >= 15 is 0 Å². The Morgan fingerprint density at radius 2 is 1.56 bits per heavy atom. The van der Waals surface area contributed by atoms with Crippen molar-refractivity contribution in [1.82, 2.24) is 5.32 Å². The summed E-state index contributed by atoms with van der Waals surface area (Å²) < 4.78 is 0. The maximum Gasteiger partial charge on any atom is 0.0831 e. The zero-order valence-electron chi connectivity index (χ0n) is 10.8. The molecule has 0 fully saturated rings. The van der Waals surface area contributed by atoms with Crippen LogP contribution in [0.3, 0.4) is 0 Å². The molecule has 2 nitrogen and oxygen atoms in total. The van der Waals surface area contributed by atoms with Crippen molar-refractivity contribution in [3.05, 3.63) is 65.7 Å². The Labute approximate surface area is 108 Å². The predicted molar refractivity (Wildman–Crippen MR) is 75.6 cm³/mol. The highest BCUT2D eigenvalue weighted by molar-refractivity contribution is 5.58. The summed E-state index contributed by atoms with van der Waals surface area (Å²) in [5.41, 5.74) is 3.73. The number of anilines is 1. The molecule has 0 aromatic heterocycles. The standard InChI is InChI=1S/C16H18N2/c1-16(2)17-14-11-7-6-10-13(14)15(18-16)12-8-4-3-5-9-12/h3-11,15,17-18H,1-2H3/t15-/m0/s1. The average Bonchev–Trinajstić information content (AvgIpc) is 2.38. The Balaban J connectivity index is 2.10. The molecule has 0 bridgehead atoms. The van der Waals surface area contributed by atoms with Gasteiger partial charge in [-0.1, -0.05) is 48.5 Å². The highest BCUT2D eigenvalue weighted by Gasteiger charge is 2.30. The number of para-hydroxylation sites is 1. The fraction of sp³-hybridized carbons (Fsp3) is 0.250. The topological polar surface area (TPSA) is 24.1 Å². The number of fused-ring (bicyclic) bond motifs is 1. The molecule has 1 heterocycles. The van der Waals surface area contributed by atoms with Crippen LogP contribution in [0.15, 0.2) is 54.6 Å². The van der Waals surface area contributed by atoms with Crippen LogP contribution in [-0.4, -0.2) is 5.66 Å². The van der Waals surface area contributed by atoms with Gasteiger partial charge in [0.2, 0.25) is 0 Å². The minimum Gasteiger partial charge on any atom is -0.367 e. The van der Waals surface area contributed by atoms with E-state index in [1.54, 1.807) is 0 Å². The van der Waals surface area contributed by atoms with Crippen molar-refractivity contribution in [2.24, 2.45) is 0 Å². The normalized spacial score (nSPS) is 20.9. The van der Waals surface area contributed by atoms with E-state index in [0.29, 0.717) is 0 Å². The molecule has 18 heavy (non-hydrogen) atoms. The molecule has 0 unspecified atom stereocenters. The molecule has 0 radical (unpaired) electrons. The summed E-state index contributed by atoms with van der Waals surface area (Å²) in [7, 11) is 0. The molecule has 1 aliphatic rings. The van der Waals surface area contributed by atoms with Crippen LogP contribution >= 0.6 is 0 Å². The minimum atomic E-state index is -0.102. The van der Waals surface area contributed by atoms with Gasteiger partial charge >= 0.3 is 0 Å². The molecule has 2 aromatic carbocycles. The zero-order chi connectivity index (χ0) is 12.6. The van der Waals surface area contributed by atoms with Gasteiger partial charge < -0.3 is 5.32 Å². The van der Waals surface area contributed by atoms with E-state index in [4.69, 9.17) is 0 Å². The molecule has 2 heteroatoms. The van der Waals surface area contributed by atoms with Gasteiger partial charge in [-0.3, -0.25) is 5.32 Å². The first-order valence-electron chi connectivity index (χ1n) is 6.35. The van der Waals surface area contributed by atoms with Gasteiger partial charge in [0.1, 0.15) is 0 Å². The van der Waals surface area contributed by atoms with Crippen molar-refractivity contribution in [2.75, 3.05) is 5.32 Å². The maximum absolute atomic E-state index is 3.65. The van der Waals surface area contributed by atoms with Gasteiger partial charge in [-0.05, 0) is 31.0 Å². The predicted octanol–water partition coefficient (Wildman–Crippen LogP) is 3.53. The molecule has 3 rings (SSSR count). The number of benzene rings is 2. The van der Waals surface area contributed by atoms with Crippen LogP contribution in [0.1, 0.15) is 31.0 Å². The molecule has 0 spiro atoms. The first kappa shape index (κ1) is 11.3. The Hall–Kier alpha value is -1.80. The minimum absolute atomic E-state index is 0.102. The van der Waals surface area contributed by atoms with E-state index in [9.17, 15) is 0 Å². The van der Waals surface area contributed by atoms with Gasteiger partial charge in [-0.15, -0.1) is 0 Å². The van der Waals surface area contributed by atoms with E-state index in [1.807, 2.05) is 0 Å². The highest BCUT2D eigenvalue weighted by Crippen LogP contribution is 2.35. The second-order valence-electron chi connectivity index (χ2n) is 5.33. The van der Waals surface area contributed by atoms with Crippen LogP contribution in [0.4, 0.5) is 5.69 Å². The van der Waals surface area contributed by atoms with Crippen molar-refractivity contribution in [2.45, 2.75) is 25.6 Å². The van der Waals surface area contributed by atoms with Gasteiger partial charge in [0.15, 0.2) is 0 Å². The lowest BCUT2D eigenvalue weighted by Crippen LogP contribution is -2.51. The monoisotopic (exact) mass is 238 g/mol. The molecule has 1 atom stereocenters. The van der Waals surface area contributed by atoms with Gasteiger partial charge in [-0.2, -0.15) is 0 Å². The van der Waals surface area contributed by atoms with Crippen molar-refractivity contribution < 1.29 is 0 Å². The van der Waals surface area contributed by atoms with Crippen molar-refractivity contribution in [3.63, 3.8) is 0 Å². The summed E-state index contributed by atoms with van der Waals surface area (Å²) in [5, 5.41) is 7.18. The highest BCUT2D eigenvalue weighted by atomic mass is 15.2. The summed E-state index contributed by atoms with van der Waals surface area (Å²) in [4.78, 5) is 0. The lowest BCUT2D eigenvalue weighted by molar-refractivity contribution is 0.387. The largest absolute Gasteiger partial charge is 0.367 e. The summed E-state index contributed by atoms with van der Waals surface area (Å²) in [6, 6.07) is 19.3. The van der Waals surface area contributed by atoms with E-state index in [0.717, 1.165) is 0 Å². The maximum atomic E-state index is 3.65. The van der Waals surface area contributed by atoms with Crippen molar-refractivity contribution >= 4 is 5.69 Å². The lowest BCUT2D eigenvalue weighted by atomic mass is 9.92. The fourth-order valence-electron chi connectivity index (χ4n) is 2.58. The number of nitrogens with one attached hydrogen (secondary N) is 2. The van der Waals surface area contributed by atoms with Gasteiger partial charge in [0.05, 0.1) is 11.7 Å². The van der Waals surface area contributed by atoms with Gasteiger partial charge in [0.25, 0.3) is 0 Å².